The van der Waals surface area contributed by atoms with E-state index in [0.29, 0.717) is 19.7 Å². The topological polar surface area (TPSA) is 91.3 Å². The molecule has 0 spiro atoms. The van der Waals surface area contributed by atoms with Crippen molar-refractivity contribution >= 4 is 11.5 Å². The maximum Gasteiger partial charge on any atom is 0.332 e. The van der Waals surface area contributed by atoms with Crippen LogP contribution in [0.2, 0.25) is 0 Å². The Bertz CT molecular complexity index is 587. The number of nitrogen functional groups attached to an aromatic ring is 1. The largest absolute Gasteiger partial charge is 0.383 e. The summed E-state index contributed by atoms with van der Waals surface area (Å²) in [5.74, 6) is 0.431. The average molecular weight is 298 g/mol. The normalized spacial score (nSPS) is 11.4. The fourth-order valence-corrected chi connectivity index (χ4v) is 1.96. The monoisotopic (exact) mass is 298 g/mol. The van der Waals surface area contributed by atoms with Crippen LogP contribution in [0.1, 0.15) is 27.7 Å². The molecule has 0 aliphatic rings. The maximum absolute atomic E-state index is 12.1. The molecule has 1 rings (SSSR count). The highest BCUT2D eigenvalue weighted by Gasteiger charge is 2.15. The minimum absolute atomic E-state index is 0.127. The number of nitrogens with two attached hydrogens (primary N) is 1. The highest BCUT2D eigenvalue weighted by molar-refractivity contribution is 5.60. The summed E-state index contributed by atoms with van der Waals surface area (Å²) in [6.07, 6.45) is 0.127. The van der Waals surface area contributed by atoms with E-state index < -0.39 is 11.2 Å². The first-order valence-electron chi connectivity index (χ1n) is 7.20. The fourth-order valence-electron chi connectivity index (χ4n) is 1.96. The second-order valence-corrected chi connectivity index (χ2v) is 5.76. The van der Waals surface area contributed by atoms with Crippen molar-refractivity contribution in [3.05, 3.63) is 20.8 Å². The molecule has 0 saturated heterocycles. The molecule has 0 aromatic carbocycles. The van der Waals surface area contributed by atoms with Gasteiger partial charge in [0, 0.05) is 20.1 Å². The van der Waals surface area contributed by atoms with Gasteiger partial charge in [0.2, 0.25) is 0 Å². The van der Waals surface area contributed by atoms with E-state index in [-0.39, 0.29) is 23.5 Å². The van der Waals surface area contributed by atoms with Gasteiger partial charge in [0.15, 0.2) is 0 Å². The van der Waals surface area contributed by atoms with Crippen LogP contribution in [0.5, 0.6) is 0 Å². The Morgan fingerprint density at radius 3 is 2.38 bits per heavy atom. The molecule has 0 aliphatic heterocycles. The number of aromatic nitrogens is 2. The zero-order valence-electron chi connectivity index (χ0n) is 13.5. The van der Waals surface area contributed by atoms with Crippen LogP contribution in [0.25, 0.3) is 0 Å². The molecular weight excluding hydrogens is 272 g/mol. The zero-order valence-corrected chi connectivity index (χ0v) is 13.5. The van der Waals surface area contributed by atoms with Crippen molar-refractivity contribution in [3.8, 4) is 0 Å². The summed E-state index contributed by atoms with van der Waals surface area (Å²) < 4.78 is 7.91. The van der Waals surface area contributed by atoms with Crippen LogP contribution in [-0.4, -0.2) is 28.4 Å². The second-order valence-electron chi connectivity index (χ2n) is 5.76. The summed E-state index contributed by atoms with van der Waals surface area (Å²) in [6, 6.07) is 0. The van der Waals surface area contributed by atoms with Crippen LogP contribution >= 0.6 is 0 Å². The SMILES string of the molecule is CC(C)Cn1c(N)c(NCCOC(C)C)c(=O)n(C)c1=O. The molecule has 21 heavy (non-hydrogen) atoms. The van der Waals surface area contributed by atoms with E-state index in [1.54, 1.807) is 0 Å². The van der Waals surface area contributed by atoms with Gasteiger partial charge in [-0.25, -0.2) is 4.79 Å². The fraction of sp³-hybridized carbons (Fsp3) is 0.714. The quantitative estimate of drug-likeness (QED) is 0.720. The first-order valence-corrected chi connectivity index (χ1v) is 7.20. The summed E-state index contributed by atoms with van der Waals surface area (Å²) >= 11 is 0. The summed E-state index contributed by atoms with van der Waals surface area (Å²) in [4.78, 5) is 24.3. The summed E-state index contributed by atoms with van der Waals surface area (Å²) in [5.41, 5.74) is 5.44. The molecule has 7 heteroatoms. The van der Waals surface area contributed by atoms with Crippen LogP contribution in [0.3, 0.4) is 0 Å². The van der Waals surface area contributed by atoms with E-state index in [2.05, 4.69) is 5.32 Å². The highest BCUT2D eigenvalue weighted by atomic mass is 16.5. The molecule has 0 aliphatic carbocycles. The van der Waals surface area contributed by atoms with E-state index in [4.69, 9.17) is 10.5 Å². The lowest BCUT2D eigenvalue weighted by molar-refractivity contribution is 0.0870. The Morgan fingerprint density at radius 1 is 1.24 bits per heavy atom. The van der Waals surface area contributed by atoms with Gasteiger partial charge in [-0.2, -0.15) is 0 Å². The molecule has 0 unspecified atom stereocenters. The third-order valence-electron chi connectivity index (χ3n) is 2.99. The summed E-state index contributed by atoms with van der Waals surface area (Å²) in [5, 5.41) is 2.98. The molecule has 0 fully saturated rings. The van der Waals surface area contributed by atoms with E-state index >= 15 is 0 Å². The molecule has 1 aromatic rings. The van der Waals surface area contributed by atoms with E-state index in [9.17, 15) is 9.59 Å². The van der Waals surface area contributed by atoms with Crippen molar-refractivity contribution in [1.29, 1.82) is 0 Å². The first kappa shape index (κ1) is 17.3. The predicted octanol–water partition coefficient (Wildman–Crippen LogP) is 0.622. The standard InChI is InChI=1S/C14H26N4O3/c1-9(2)8-18-12(15)11(13(19)17(5)14(18)20)16-6-7-21-10(3)4/h9-10,16H,6-8,15H2,1-5H3. The first-order chi connectivity index (χ1) is 9.75. The van der Waals surface area contributed by atoms with Crippen LogP contribution in [-0.2, 0) is 18.3 Å². The van der Waals surface area contributed by atoms with Gasteiger partial charge in [-0.05, 0) is 19.8 Å². The van der Waals surface area contributed by atoms with Crippen molar-refractivity contribution in [2.24, 2.45) is 13.0 Å². The molecule has 1 aromatic heterocycles. The Kier molecular flexibility index (Phi) is 6.02. The van der Waals surface area contributed by atoms with Crippen molar-refractivity contribution < 1.29 is 4.74 Å². The molecule has 3 N–H and O–H groups in total. The average Bonchev–Trinajstić information content (AvgIpc) is 2.40. The molecule has 1 heterocycles. The molecule has 0 saturated carbocycles. The third kappa shape index (κ3) is 4.35. The minimum Gasteiger partial charge on any atom is -0.383 e. The molecule has 0 bridgehead atoms. The van der Waals surface area contributed by atoms with Crippen molar-refractivity contribution in [2.75, 3.05) is 24.2 Å². The Hall–Kier alpha value is -1.76. The van der Waals surface area contributed by atoms with Gasteiger partial charge >= 0.3 is 5.69 Å². The van der Waals surface area contributed by atoms with E-state index in [1.165, 1.54) is 11.6 Å². The lowest BCUT2D eigenvalue weighted by atomic mass is 10.2. The maximum atomic E-state index is 12.1. The number of nitrogens with zero attached hydrogens (tertiary/aromatic N) is 2. The summed E-state index contributed by atoms with van der Waals surface area (Å²) in [7, 11) is 1.46. The van der Waals surface area contributed by atoms with Gasteiger partial charge in [-0.15, -0.1) is 0 Å². The van der Waals surface area contributed by atoms with Gasteiger partial charge in [0.05, 0.1) is 12.7 Å². The Balaban J connectivity index is 3.06. The molecule has 0 radical (unpaired) electrons. The zero-order chi connectivity index (χ0) is 16.2. The number of hydrogen-bond donors (Lipinski definition) is 2. The smallest absolute Gasteiger partial charge is 0.332 e. The third-order valence-corrected chi connectivity index (χ3v) is 2.99. The summed E-state index contributed by atoms with van der Waals surface area (Å²) in [6.45, 7) is 9.24. The Morgan fingerprint density at radius 2 is 1.86 bits per heavy atom. The van der Waals surface area contributed by atoms with Gasteiger partial charge in [-0.3, -0.25) is 13.9 Å². The molecule has 120 valence electrons. The van der Waals surface area contributed by atoms with Gasteiger partial charge in [-0.1, -0.05) is 13.8 Å². The Labute approximate surface area is 124 Å². The number of rotatable bonds is 7. The molecular formula is C14H26N4O3. The van der Waals surface area contributed by atoms with Crippen molar-refractivity contribution in [1.82, 2.24) is 9.13 Å². The number of nitrogens with one attached hydrogen (secondary N) is 1. The minimum atomic E-state index is -0.415. The van der Waals surface area contributed by atoms with Crippen LogP contribution in [0.4, 0.5) is 11.5 Å². The number of anilines is 2. The van der Waals surface area contributed by atoms with Gasteiger partial charge in [0.1, 0.15) is 11.5 Å². The molecule has 0 amide bonds. The van der Waals surface area contributed by atoms with Gasteiger partial charge < -0.3 is 15.8 Å². The van der Waals surface area contributed by atoms with E-state index in [0.717, 1.165) is 4.57 Å². The van der Waals surface area contributed by atoms with E-state index in [1.807, 2.05) is 27.7 Å². The van der Waals surface area contributed by atoms with Crippen LogP contribution in [0.15, 0.2) is 9.59 Å². The molecule has 0 atom stereocenters. The second kappa shape index (κ2) is 7.31. The number of ether oxygens (including phenoxy) is 1. The van der Waals surface area contributed by atoms with Gasteiger partial charge in [0.25, 0.3) is 5.56 Å². The van der Waals surface area contributed by atoms with Crippen molar-refractivity contribution in [3.63, 3.8) is 0 Å². The lowest BCUT2D eigenvalue weighted by Gasteiger charge is -2.17. The highest BCUT2D eigenvalue weighted by Crippen LogP contribution is 2.12. The van der Waals surface area contributed by atoms with Crippen LogP contribution < -0.4 is 22.3 Å². The molecule has 7 nitrogen and oxygen atoms in total. The van der Waals surface area contributed by atoms with Crippen molar-refractivity contribution in [2.45, 2.75) is 40.3 Å². The van der Waals surface area contributed by atoms with Crippen LogP contribution in [0, 0.1) is 5.92 Å². The lowest BCUT2D eigenvalue weighted by Crippen LogP contribution is -2.41. The number of hydrogen-bond acceptors (Lipinski definition) is 5. The predicted molar refractivity (Wildman–Crippen MR) is 84.8 cm³/mol.